The minimum atomic E-state index is -0.834. The number of nitrogens with zero attached hydrogens (tertiary/aromatic N) is 3. The zero-order chi connectivity index (χ0) is 33.9. The van der Waals surface area contributed by atoms with Crippen LogP contribution in [0.4, 0.5) is 0 Å². The van der Waals surface area contributed by atoms with Crippen molar-refractivity contribution >= 4 is 11.0 Å². The fourth-order valence-corrected chi connectivity index (χ4v) is 5.58. The Bertz CT molecular complexity index is 2100. The second kappa shape index (κ2) is 15.3. The first-order valence-corrected chi connectivity index (χ1v) is 15.6. The van der Waals surface area contributed by atoms with Gasteiger partial charge in [-0.15, -0.1) is 71.8 Å². The van der Waals surface area contributed by atoms with Crippen LogP contribution in [0.25, 0.3) is 50.5 Å². The van der Waals surface area contributed by atoms with Crippen molar-refractivity contribution in [3.8, 4) is 39.5 Å². The van der Waals surface area contributed by atoms with Gasteiger partial charge in [0.25, 0.3) is 0 Å². The van der Waals surface area contributed by atoms with Crippen molar-refractivity contribution in [3.63, 3.8) is 0 Å². The van der Waals surface area contributed by atoms with Gasteiger partial charge in [0.2, 0.25) is 0 Å². The minimum Gasteiger partial charge on any atom is -0.333 e. The zero-order valence-electron chi connectivity index (χ0n) is 29.4. The molecule has 2 heterocycles. The summed E-state index contributed by atoms with van der Waals surface area (Å²) in [6, 6.07) is 48.8. The number of hydrogen-bond donors (Lipinski definition) is 0. The SMILES string of the molecule is Cc1ccc(-c2ccc(-c3[c-]cccc3)nc2)cc1.[2H]C(C)(C)c1cccc(C([2H])(C)C)c1-n1c(-c2[c-]cccc2)nc2ccccc21.[Ir]. The Labute approximate surface area is 295 Å². The van der Waals surface area contributed by atoms with E-state index in [1.807, 2.05) is 131 Å². The van der Waals surface area contributed by atoms with E-state index < -0.39 is 11.8 Å². The molecule has 0 aliphatic rings. The monoisotopic (exact) mass is 792 g/mol. The summed E-state index contributed by atoms with van der Waals surface area (Å²) in [6.07, 6.45) is 1.92. The number of rotatable bonds is 6. The van der Waals surface area contributed by atoms with Crippen molar-refractivity contribution in [2.45, 2.75) is 46.4 Å². The maximum absolute atomic E-state index is 8.80. The average Bonchev–Trinajstić information content (AvgIpc) is 3.48. The van der Waals surface area contributed by atoms with Gasteiger partial charge in [0.05, 0.1) is 16.9 Å². The Balaban J connectivity index is 0.000000203. The summed E-state index contributed by atoms with van der Waals surface area (Å²) < 4.78 is 19.7. The van der Waals surface area contributed by atoms with Crippen molar-refractivity contribution < 1.29 is 22.8 Å². The average molecular weight is 792 g/mol. The summed E-state index contributed by atoms with van der Waals surface area (Å²) in [7, 11) is 0. The third-order valence-corrected chi connectivity index (χ3v) is 7.98. The molecule has 0 amide bonds. The normalized spacial score (nSPS) is 11.9. The Morgan fingerprint density at radius 1 is 0.638 bits per heavy atom. The molecule has 7 aromatic rings. The van der Waals surface area contributed by atoms with Gasteiger partial charge in [-0.25, -0.2) is 0 Å². The van der Waals surface area contributed by atoms with Crippen LogP contribution in [-0.2, 0) is 20.1 Å². The van der Waals surface area contributed by atoms with E-state index in [0.29, 0.717) is 0 Å². The molecular weight excluding hydrogens is 751 g/mol. The molecule has 0 fully saturated rings. The van der Waals surface area contributed by atoms with Crippen LogP contribution in [0.2, 0.25) is 0 Å². The predicted molar refractivity (Wildman–Crippen MR) is 192 cm³/mol. The molecule has 7 rings (SSSR count). The van der Waals surface area contributed by atoms with Gasteiger partial charge >= 0.3 is 0 Å². The number of para-hydroxylation sites is 3. The summed E-state index contributed by atoms with van der Waals surface area (Å²) in [5.74, 6) is -0.895. The number of aryl methyl sites for hydroxylation is 1. The van der Waals surface area contributed by atoms with Gasteiger partial charge in [-0.3, -0.25) is 4.98 Å². The third kappa shape index (κ3) is 7.52. The van der Waals surface area contributed by atoms with Crippen LogP contribution in [0.3, 0.4) is 0 Å². The van der Waals surface area contributed by atoms with Gasteiger partial charge in [-0.05, 0) is 58.8 Å². The third-order valence-electron chi connectivity index (χ3n) is 7.98. The first-order valence-electron chi connectivity index (χ1n) is 16.6. The van der Waals surface area contributed by atoms with Crippen LogP contribution in [-0.4, -0.2) is 14.5 Å². The molecule has 0 saturated heterocycles. The van der Waals surface area contributed by atoms with Crippen molar-refractivity contribution in [3.05, 3.63) is 162 Å². The van der Waals surface area contributed by atoms with Crippen LogP contribution in [0.1, 0.15) is 58.9 Å². The van der Waals surface area contributed by atoms with Gasteiger partial charge in [-0.1, -0.05) is 100.0 Å². The van der Waals surface area contributed by atoms with E-state index >= 15 is 0 Å². The molecule has 2 aromatic heterocycles. The summed E-state index contributed by atoms with van der Waals surface area (Å²) in [4.78, 5) is 9.43. The van der Waals surface area contributed by atoms with Crippen LogP contribution in [0.5, 0.6) is 0 Å². The second-order valence-corrected chi connectivity index (χ2v) is 11.8. The molecule has 0 saturated carbocycles. The van der Waals surface area contributed by atoms with Crippen LogP contribution in [0, 0.1) is 19.1 Å². The molecule has 0 unspecified atom stereocenters. The van der Waals surface area contributed by atoms with Crippen LogP contribution >= 0.6 is 0 Å². The molecule has 0 atom stereocenters. The Kier molecular flexibility index (Phi) is 10.1. The molecule has 3 nitrogen and oxygen atoms in total. The molecule has 0 N–H and O–H groups in total. The molecule has 0 aliphatic carbocycles. The first-order chi connectivity index (χ1) is 23.0. The number of fused-ring (bicyclic) bond motifs is 1. The number of imidazole rings is 1. The smallest absolute Gasteiger partial charge is 0.0774 e. The van der Waals surface area contributed by atoms with Crippen LogP contribution in [0.15, 0.2) is 134 Å². The zero-order valence-corrected chi connectivity index (χ0v) is 29.8. The van der Waals surface area contributed by atoms with E-state index in [0.717, 1.165) is 56.1 Å². The van der Waals surface area contributed by atoms with E-state index in [-0.39, 0.29) is 20.1 Å². The van der Waals surface area contributed by atoms with E-state index in [4.69, 9.17) is 7.73 Å². The van der Waals surface area contributed by atoms with Gasteiger partial charge < -0.3 is 9.55 Å². The predicted octanol–water partition coefficient (Wildman–Crippen LogP) is 11.3. The Hall–Kier alpha value is -4.63. The summed E-state index contributed by atoms with van der Waals surface area (Å²) in [5, 5.41) is 0. The first kappa shape index (κ1) is 31.0. The fourth-order valence-electron chi connectivity index (χ4n) is 5.58. The molecule has 1 radical (unpaired) electrons. The van der Waals surface area contributed by atoms with Gasteiger partial charge in [-0.2, -0.15) is 0 Å². The second-order valence-electron chi connectivity index (χ2n) is 11.8. The molecule has 237 valence electrons. The van der Waals surface area contributed by atoms with Crippen molar-refractivity contribution in [1.82, 2.24) is 14.5 Å². The molecule has 0 spiro atoms. The van der Waals surface area contributed by atoms with E-state index in [1.165, 1.54) is 11.1 Å². The topological polar surface area (TPSA) is 30.7 Å². The number of aromatic nitrogens is 3. The molecule has 5 aromatic carbocycles. The van der Waals surface area contributed by atoms with E-state index in [9.17, 15) is 0 Å². The Morgan fingerprint density at radius 3 is 1.81 bits per heavy atom. The van der Waals surface area contributed by atoms with Crippen LogP contribution < -0.4 is 0 Å². The van der Waals surface area contributed by atoms with Gasteiger partial charge in [0, 0.05) is 34.7 Å². The number of hydrogen-bond acceptors (Lipinski definition) is 2. The maximum atomic E-state index is 8.80. The number of benzene rings is 5. The largest absolute Gasteiger partial charge is 0.333 e. The maximum Gasteiger partial charge on any atom is 0.0774 e. The van der Waals surface area contributed by atoms with Crippen molar-refractivity contribution in [1.29, 1.82) is 0 Å². The fraction of sp³-hybridized carbons (Fsp3) is 0.163. The molecule has 0 aliphatic heterocycles. The summed E-state index contributed by atoms with van der Waals surface area (Å²) in [6.45, 7) is 9.65. The van der Waals surface area contributed by atoms with Gasteiger partial charge in [0.15, 0.2) is 0 Å². The summed E-state index contributed by atoms with van der Waals surface area (Å²) >= 11 is 0. The standard InChI is InChI=1S/C25H25N2.C18H14N.Ir/c1-17(2)20-13-10-14-21(18(3)4)24(20)27-23-16-9-8-15-22(23)26-25(27)19-11-6-5-7-12-19;1-14-7-9-15(10-8-14)17-11-12-18(19-13-17)16-5-3-2-4-6-16;/h5-11,13-18H,1-4H3;2-5,7-13H,1H3;/q2*-1;/i17D,18D;;. The molecule has 47 heavy (non-hydrogen) atoms. The summed E-state index contributed by atoms with van der Waals surface area (Å²) in [5.41, 5.74) is 10.9. The quantitative estimate of drug-likeness (QED) is 0.157. The van der Waals surface area contributed by atoms with Crippen molar-refractivity contribution in [2.24, 2.45) is 0 Å². The minimum absolute atomic E-state index is 0. The van der Waals surface area contributed by atoms with E-state index in [1.54, 1.807) is 0 Å². The molecule has 0 bridgehead atoms. The van der Waals surface area contributed by atoms with E-state index in [2.05, 4.69) is 58.9 Å². The van der Waals surface area contributed by atoms with Gasteiger partial charge in [0.1, 0.15) is 0 Å². The molecule has 4 heteroatoms. The Morgan fingerprint density at radius 2 is 1.23 bits per heavy atom. The molecular formula is C43H39IrN3-2. The number of pyridine rings is 1. The van der Waals surface area contributed by atoms with Crippen molar-refractivity contribution in [2.75, 3.05) is 0 Å².